The molecule has 0 heterocycles. The number of rotatable bonds is 4. The van der Waals surface area contributed by atoms with Crippen LogP contribution in [0.2, 0.25) is 18.1 Å². The molecular weight excluding hydrogens is 325 g/mol. The Bertz CT molecular complexity index is 542. The van der Waals surface area contributed by atoms with Crippen LogP contribution in [0.1, 0.15) is 26.3 Å². The molecule has 124 valence electrons. The first-order chi connectivity index (χ1) is 9.81. The second-order valence-corrected chi connectivity index (χ2v) is 11.3. The van der Waals surface area contributed by atoms with E-state index in [4.69, 9.17) is 4.43 Å². The molecule has 0 spiro atoms. The highest BCUT2D eigenvalue weighted by Crippen LogP contribution is 2.37. The van der Waals surface area contributed by atoms with E-state index < -0.39 is 56.5 Å². The summed E-state index contributed by atoms with van der Waals surface area (Å²) >= 11 is 0. The minimum absolute atomic E-state index is 0.292. The first kappa shape index (κ1) is 19.1. The number of benzene rings is 1. The van der Waals surface area contributed by atoms with Gasteiger partial charge in [-0.1, -0.05) is 20.8 Å². The van der Waals surface area contributed by atoms with Gasteiger partial charge < -0.3 is 4.43 Å². The topological polar surface area (TPSA) is 9.23 Å². The lowest BCUT2D eigenvalue weighted by Crippen LogP contribution is -2.41. The number of hydrogen-bond acceptors (Lipinski definition) is 1. The Labute approximate surface area is 127 Å². The fraction of sp³-hybridized carbons (Fsp3) is 0.538. The summed E-state index contributed by atoms with van der Waals surface area (Å²) in [5.41, 5.74) is -2.91. The van der Waals surface area contributed by atoms with Gasteiger partial charge in [0.1, 0.15) is 0 Å². The van der Waals surface area contributed by atoms with Gasteiger partial charge in [-0.05, 0) is 18.1 Å². The van der Waals surface area contributed by atoms with E-state index >= 15 is 0 Å². The molecule has 9 heteroatoms. The Morgan fingerprint density at radius 2 is 1.32 bits per heavy atom. The van der Waals surface area contributed by atoms with Crippen molar-refractivity contribution in [2.45, 2.75) is 45.5 Å². The van der Waals surface area contributed by atoms with Crippen molar-refractivity contribution >= 4 is 21.0 Å². The van der Waals surface area contributed by atoms with Crippen molar-refractivity contribution in [3.8, 4) is 0 Å². The normalized spacial score (nSPS) is 12.7. The molecule has 0 atom stereocenters. The predicted octanol–water partition coefficient (Wildman–Crippen LogP) is 4.40. The van der Waals surface area contributed by atoms with Gasteiger partial charge in [0.2, 0.25) is 0 Å². The van der Waals surface area contributed by atoms with Crippen molar-refractivity contribution in [2.75, 3.05) is 0 Å². The zero-order chi connectivity index (χ0) is 17.5. The summed E-state index contributed by atoms with van der Waals surface area (Å²) in [7, 11) is -6.08. The largest absolute Gasteiger partial charge is 0.578 e. The molecule has 0 aliphatic carbocycles. The second kappa shape index (κ2) is 6.27. The van der Waals surface area contributed by atoms with Crippen LogP contribution in [0.4, 0.5) is 26.2 Å². The highest BCUT2D eigenvalue weighted by Gasteiger charge is 2.39. The maximum absolute atomic E-state index is 13.8. The van der Waals surface area contributed by atoms with Gasteiger partial charge in [-0.2, -0.15) is 0 Å². The van der Waals surface area contributed by atoms with Crippen molar-refractivity contribution in [1.82, 2.24) is 0 Å². The van der Waals surface area contributed by atoms with E-state index in [2.05, 4.69) is 0 Å². The molecule has 1 rings (SSSR count). The summed E-state index contributed by atoms with van der Waals surface area (Å²) in [5, 5.41) is -0.292. The zero-order valence-corrected chi connectivity index (χ0v) is 14.0. The summed E-state index contributed by atoms with van der Waals surface area (Å²) in [6.07, 6.45) is 0. The highest BCUT2D eigenvalue weighted by molar-refractivity contribution is 6.74. The standard InChI is InChI=1S/C13H17BF6OSi/c1-13(2,3)22(4,5)21-6-7-9(15)11(17)8(14(19)20)12(18)10(7)16/h6H2,1-5H3. The molecular formula is C13H17BF6OSi. The van der Waals surface area contributed by atoms with Crippen LogP contribution in [0.15, 0.2) is 0 Å². The van der Waals surface area contributed by atoms with Crippen molar-refractivity contribution in [2.24, 2.45) is 0 Å². The molecule has 0 unspecified atom stereocenters. The molecule has 0 aromatic heterocycles. The quantitative estimate of drug-likeness (QED) is 0.448. The summed E-state index contributed by atoms with van der Waals surface area (Å²) in [6, 6.07) is 0. The van der Waals surface area contributed by atoms with Crippen molar-refractivity contribution in [3.05, 3.63) is 28.8 Å². The lowest BCUT2D eigenvalue weighted by molar-refractivity contribution is 0.260. The molecule has 0 saturated carbocycles. The Hall–Kier alpha value is -0.958. The van der Waals surface area contributed by atoms with E-state index in [9.17, 15) is 26.2 Å². The molecule has 0 fully saturated rings. The van der Waals surface area contributed by atoms with Crippen molar-refractivity contribution in [3.63, 3.8) is 0 Å². The van der Waals surface area contributed by atoms with Gasteiger partial charge in [-0.3, -0.25) is 8.63 Å². The number of hydrogen-bond donors (Lipinski definition) is 0. The van der Waals surface area contributed by atoms with Crippen LogP contribution in [0, 0.1) is 23.3 Å². The minimum Gasteiger partial charge on any atom is -0.412 e. The molecule has 0 bridgehead atoms. The van der Waals surface area contributed by atoms with Gasteiger partial charge in [0.15, 0.2) is 31.6 Å². The maximum atomic E-state index is 13.8. The lowest BCUT2D eigenvalue weighted by atomic mass is 9.83. The molecule has 0 saturated heterocycles. The van der Waals surface area contributed by atoms with Gasteiger partial charge in [-0.25, -0.2) is 17.6 Å². The van der Waals surface area contributed by atoms with Gasteiger partial charge in [0.25, 0.3) is 0 Å². The average molecular weight is 342 g/mol. The second-order valence-electron chi connectivity index (χ2n) is 6.50. The van der Waals surface area contributed by atoms with E-state index in [1.807, 2.05) is 20.8 Å². The van der Waals surface area contributed by atoms with Crippen LogP contribution in [-0.4, -0.2) is 15.6 Å². The Balaban J connectivity index is 3.24. The van der Waals surface area contributed by atoms with Gasteiger partial charge in [0.05, 0.1) is 17.6 Å². The third kappa shape index (κ3) is 3.51. The van der Waals surface area contributed by atoms with E-state index in [0.717, 1.165) is 0 Å². The van der Waals surface area contributed by atoms with E-state index in [0.29, 0.717) is 0 Å². The Kier molecular flexibility index (Phi) is 5.44. The van der Waals surface area contributed by atoms with Crippen LogP contribution < -0.4 is 5.46 Å². The third-order valence-corrected chi connectivity index (χ3v) is 8.47. The van der Waals surface area contributed by atoms with Gasteiger partial charge in [-0.15, -0.1) is 0 Å². The summed E-state index contributed by atoms with van der Waals surface area (Å²) in [4.78, 5) is 0. The molecule has 0 amide bonds. The Morgan fingerprint density at radius 3 is 1.64 bits per heavy atom. The predicted molar refractivity (Wildman–Crippen MR) is 75.9 cm³/mol. The molecule has 0 aliphatic heterocycles. The molecule has 1 aromatic rings. The molecule has 0 aliphatic rings. The van der Waals surface area contributed by atoms with E-state index in [1.165, 1.54) is 0 Å². The molecule has 1 nitrogen and oxygen atoms in total. The minimum atomic E-state index is -3.65. The molecule has 0 N–H and O–H groups in total. The van der Waals surface area contributed by atoms with Gasteiger partial charge in [0, 0.05) is 0 Å². The first-order valence-electron chi connectivity index (χ1n) is 6.58. The van der Waals surface area contributed by atoms with Crippen LogP contribution in [0.5, 0.6) is 0 Å². The first-order valence-corrected chi connectivity index (χ1v) is 9.49. The summed E-state index contributed by atoms with van der Waals surface area (Å²) < 4.78 is 85.0. The van der Waals surface area contributed by atoms with Crippen LogP contribution >= 0.6 is 0 Å². The molecule has 1 aromatic carbocycles. The summed E-state index contributed by atoms with van der Waals surface area (Å²) in [5.74, 6) is -7.84. The van der Waals surface area contributed by atoms with E-state index in [-0.39, 0.29) is 5.04 Å². The van der Waals surface area contributed by atoms with Crippen molar-refractivity contribution in [1.29, 1.82) is 0 Å². The molecule has 0 radical (unpaired) electrons. The third-order valence-electron chi connectivity index (χ3n) is 3.99. The lowest BCUT2D eigenvalue weighted by Gasteiger charge is -2.36. The fourth-order valence-electron chi connectivity index (χ4n) is 1.48. The molecule has 22 heavy (non-hydrogen) atoms. The smallest absolute Gasteiger partial charge is 0.412 e. The highest BCUT2D eigenvalue weighted by atomic mass is 28.4. The van der Waals surface area contributed by atoms with Gasteiger partial charge >= 0.3 is 7.27 Å². The van der Waals surface area contributed by atoms with E-state index in [1.54, 1.807) is 13.1 Å². The zero-order valence-electron chi connectivity index (χ0n) is 13.0. The fourth-order valence-corrected chi connectivity index (χ4v) is 2.42. The number of halogens is 6. The van der Waals surface area contributed by atoms with Crippen LogP contribution in [0.25, 0.3) is 0 Å². The maximum Gasteiger partial charge on any atom is 0.578 e. The average Bonchev–Trinajstić information content (AvgIpc) is 2.34. The SMILES string of the molecule is CC(C)(C)[Si](C)(C)OCc1c(F)c(F)c(B(F)F)c(F)c1F. The Morgan fingerprint density at radius 1 is 0.909 bits per heavy atom. The summed E-state index contributed by atoms with van der Waals surface area (Å²) in [6.45, 7) is 8.45. The van der Waals surface area contributed by atoms with Crippen LogP contribution in [-0.2, 0) is 11.0 Å². The van der Waals surface area contributed by atoms with Crippen LogP contribution in [0.3, 0.4) is 0 Å². The monoisotopic (exact) mass is 342 g/mol. The van der Waals surface area contributed by atoms with Crippen molar-refractivity contribution < 1.29 is 30.6 Å².